The van der Waals surface area contributed by atoms with Gasteiger partial charge in [-0.25, -0.2) is 0 Å². The van der Waals surface area contributed by atoms with Crippen molar-refractivity contribution < 1.29 is 14.8 Å². The summed E-state index contributed by atoms with van der Waals surface area (Å²) in [6.07, 6.45) is 0. The molecule has 0 bridgehead atoms. The van der Waals surface area contributed by atoms with Gasteiger partial charge in [0, 0.05) is 17.7 Å². The number of anilines is 1. The van der Waals surface area contributed by atoms with E-state index in [9.17, 15) is 20.0 Å². The van der Waals surface area contributed by atoms with Gasteiger partial charge >= 0.3 is 0 Å². The molecule has 0 aliphatic carbocycles. The Morgan fingerprint density at radius 2 is 1.81 bits per heavy atom. The summed E-state index contributed by atoms with van der Waals surface area (Å²) in [6.45, 7) is 0. The van der Waals surface area contributed by atoms with Crippen molar-refractivity contribution in [2.75, 3.05) is 5.32 Å². The van der Waals surface area contributed by atoms with Crippen LogP contribution in [0.3, 0.4) is 0 Å². The lowest BCUT2D eigenvalue weighted by Gasteiger charge is -2.12. The first-order chi connectivity index (χ1) is 12.5. The largest absolute Gasteiger partial charge is 0.506 e. The number of aromatic hydroxyl groups is 1. The van der Waals surface area contributed by atoms with Crippen LogP contribution in [0.25, 0.3) is 10.8 Å². The molecule has 0 saturated heterocycles. The number of phenolic OH excluding ortho intramolecular Hbond substituents is 1. The molecule has 26 heavy (non-hydrogen) atoms. The number of nitrogens with one attached hydrogen (secondary N) is 2. The summed E-state index contributed by atoms with van der Waals surface area (Å²) in [5, 5.41) is 27.3. The van der Waals surface area contributed by atoms with Gasteiger partial charge in [0.1, 0.15) is 5.75 Å². The normalized spacial score (nSPS) is 10.3. The summed E-state index contributed by atoms with van der Waals surface area (Å²) in [6, 6.07) is 16.2. The number of phenols is 1. The third-order valence-electron chi connectivity index (χ3n) is 3.70. The van der Waals surface area contributed by atoms with Crippen molar-refractivity contribution in [3.05, 3.63) is 76.3 Å². The van der Waals surface area contributed by atoms with Crippen molar-refractivity contribution in [1.29, 1.82) is 0 Å². The number of carbonyl (C=O) groups is 1. The van der Waals surface area contributed by atoms with E-state index in [1.54, 1.807) is 12.1 Å². The monoisotopic (exact) mass is 367 g/mol. The number of hydrogen-bond donors (Lipinski definition) is 3. The fraction of sp³-hybridized carbons (Fsp3) is 0. The van der Waals surface area contributed by atoms with Gasteiger partial charge in [-0.05, 0) is 35.1 Å². The first-order valence-corrected chi connectivity index (χ1v) is 7.94. The van der Waals surface area contributed by atoms with Crippen LogP contribution in [0.1, 0.15) is 10.4 Å². The van der Waals surface area contributed by atoms with Gasteiger partial charge in [0.2, 0.25) is 0 Å². The molecule has 0 spiro atoms. The Morgan fingerprint density at radius 1 is 1.08 bits per heavy atom. The molecule has 3 aromatic carbocycles. The van der Waals surface area contributed by atoms with Crippen LogP contribution in [0.5, 0.6) is 5.75 Å². The van der Waals surface area contributed by atoms with Gasteiger partial charge in [-0.2, -0.15) is 0 Å². The van der Waals surface area contributed by atoms with E-state index in [0.29, 0.717) is 5.56 Å². The zero-order valence-corrected chi connectivity index (χ0v) is 14.1. The van der Waals surface area contributed by atoms with Crippen molar-refractivity contribution in [2.45, 2.75) is 0 Å². The average Bonchev–Trinajstić information content (AvgIpc) is 2.62. The molecule has 0 aromatic heterocycles. The Bertz CT molecular complexity index is 1030. The molecular formula is C18H13N3O4S. The van der Waals surface area contributed by atoms with Crippen LogP contribution in [0.4, 0.5) is 11.4 Å². The number of fused-ring (bicyclic) bond motifs is 1. The van der Waals surface area contributed by atoms with E-state index in [2.05, 4.69) is 10.6 Å². The molecule has 3 aromatic rings. The highest BCUT2D eigenvalue weighted by molar-refractivity contribution is 7.80. The molecule has 0 aliphatic heterocycles. The molecule has 7 nitrogen and oxygen atoms in total. The first-order valence-electron chi connectivity index (χ1n) is 7.53. The number of non-ortho nitro benzene ring substituents is 1. The van der Waals surface area contributed by atoms with E-state index in [-0.39, 0.29) is 22.2 Å². The molecule has 0 heterocycles. The van der Waals surface area contributed by atoms with Gasteiger partial charge in [0.15, 0.2) is 5.11 Å². The maximum absolute atomic E-state index is 12.5. The lowest BCUT2D eigenvalue weighted by atomic mass is 10.0. The number of thiocarbonyl (C=S) groups is 1. The van der Waals surface area contributed by atoms with Crippen LogP contribution in [0.2, 0.25) is 0 Å². The fourth-order valence-corrected chi connectivity index (χ4v) is 2.69. The molecule has 0 atom stereocenters. The van der Waals surface area contributed by atoms with Gasteiger partial charge in [0.05, 0.1) is 10.6 Å². The van der Waals surface area contributed by atoms with E-state index >= 15 is 0 Å². The second-order valence-corrected chi connectivity index (χ2v) is 5.80. The summed E-state index contributed by atoms with van der Waals surface area (Å²) < 4.78 is 0. The van der Waals surface area contributed by atoms with Crippen molar-refractivity contribution in [2.24, 2.45) is 0 Å². The highest BCUT2D eigenvalue weighted by Crippen LogP contribution is 2.27. The molecule has 0 unspecified atom stereocenters. The predicted molar refractivity (Wildman–Crippen MR) is 102 cm³/mol. The smallest absolute Gasteiger partial charge is 0.271 e. The first kappa shape index (κ1) is 17.3. The van der Waals surface area contributed by atoms with E-state index in [4.69, 9.17) is 12.2 Å². The second-order valence-electron chi connectivity index (χ2n) is 5.39. The molecule has 3 N–H and O–H groups in total. The zero-order valence-electron chi connectivity index (χ0n) is 13.3. The van der Waals surface area contributed by atoms with E-state index in [1.807, 2.05) is 30.3 Å². The topological polar surface area (TPSA) is 104 Å². The Balaban J connectivity index is 1.79. The SMILES string of the molecule is O=C(NC(=S)Nc1cc([N+](=O)[O-])ccc1O)c1cccc2ccccc12. The van der Waals surface area contributed by atoms with E-state index in [0.717, 1.165) is 22.9 Å². The molecule has 0 saturated carbocycles. The number of benzene rings is 3. The van der Waals surface area contributed by atoms with Crippen LogP contribution in [-0.4, -0.2) is 21.0 Å². The highest BCUT2D eigenvalue weighted by Gasteiger charge is 2.14. The average molecular weight is 367 g/mol. The second kappa shape index (κ2) is 7.16. The van der Waals surface area contributed by atoms with Crippen molar-refractivity contribution >= 4 is 45.4 Å². The number of nitrogens with zero attached hydrogens (tertiary/aromatic N) is 1. The Labute approximate surface area is 153 Å². The fourth-order valence-electron chi connectivity index (χ4n) is 2.49. The zero-order chi connectivity index (χ0) is 18.7. The lowest BCUT2D eigenvalue weighted by Crippen LogP contribution is -2.34. The third-order valence-corrected chi connectivity index (χ3v) is 3.90. The number of carbonyl (C=O) groups excluding carboxylic acids is 1. The third kappa shape index (κ3) is 3.60. The molecule has 0 radical (unpaired) electrons. The van der Waals surface area contributed by atoms with Gasteiger partial charge in [0.25, 0.3) is 11.6 Å². The van der Waals surface area contributed by atoms with Gasteiger partial charge in [-0.15, -0.1) is 0 Å². The van der Waals surface area contributed by atoms with Crippen molar-refractivity contribution in [1.82, 2.24) is 5.32 Å². The molecule has 3 rings (SSSR count). The number of amides is 1. The van der Waals surface area contributed by atoms with Crippen LogP contribution >= 0.6 is 12.2 Å². The van der Waals surface area contributed by atoms with Gasteiger partial charge in [-0.3, -0.25) is 20.2 Å². The van der Waals surface area contributed by atoms with E-state index < -0.39 is 10.8 Å². The van der Waals surface area contributed by atoms with Crippen molar-refractivity contribution in [3.63, 3.8) is 0 Å². The summed E-state index contributed by atoms with van der Waals surface area (Å²) in [4.78, 5) is 22.7. The summed E-state index contributed by atoms with van der Waals surface area (Å²) in [7, 11) is 0. The maximum atomic E-state index is 12.5. The quantitative estimate of drug-likeness (QED) is 0.283. The van der Waals surface area contributed by atoms with Gasteiger partial charge < -0.3 is 10.4 Å². The summed E-state index contributed by atoms with van der Waals surface area (Å²) in [5.74, 6) is -0.651. The predicted octanol–water partition coefficient (Wildman–Crippen LogP) is 3.58. The molecule has 1 amide bonds. The van der Waals surface area contributed by atoms with Crippen LogP contribution < -0.4 is 10.6 Å². The van der Waals surface area contributed by atoms with Crippen molar-refractivity contribution in [3.8, 4) is 5.75 Å². The highest BCUT2D eigenvalue weighted by atomic mass is 32.1. The number of nitro groups is 1. The number of nitro benzene ring substituents is 1. The summed E-state index contributed by atoms with van der Waals surface area (Å²) in [5.41, 5.74) is 0.256. The molecule has 0 aliphatic rings. The van der Waals surface area contributed by atoms with E-state index in [1.165, 1.54) is 6.07 Å². The summed E-state index contributed by atoms with van der Waals surface area (Å²) >= 11 is 5.08. The van der Waals surface area contributed by atoms with Gasteiger partial charge in [-0.1, -0.05) is 36.4 Å². The minimum atomic E-state index is -0.595. The maximum Gasteiger partial charge on any atom is 0.271 e. The van der Waals surface area contributed by atoms with Crippen LogP contribution in [0, 0.1) is 10.1 Å². The molecular weight excluding hydrogens is 354 g/mol. The van der Waals surface area contributed by atoms with Crippen LogP contribution in [0.15, 0.2) is 60.7 Å². The molecule has 130 valence electrons. The molecule has 8 heteroatoms. The Kier molecular flexibility index (Phi) is 4.76. The number of hydrogen-bond acceptors (Lipinski definition) is 5. The molecule has 0 fully saturated rings. The minimum Gasteiger partial charge on any atom is -0.506 e. The standard InChI is InChI=1S/C18H13N3O4S/c22-16-9-8-12(21(24)25)10-15(16)19-18(26)20-17(23)14-7-3-5-11-4-1-2-6-13(11)14/h1-10,22H,(H2,19,20,23,26). The Morgan fingerprint density at radius 3 is 2.58 bits per heavy atom. The number of rotatable bonds is 3. The lowest BCUT2D eigenvalue weighted by molar-refractivity contribution is -0.384. The van der Waals surface area contributed by atoms with Crippen LogP contribution in [-0.2, 0) is 0 Å². The minimum absolute atomic E-state index is 0.0300. The Hall–Kier alpha value is -3.52.